The van der Waals surface area contributed by atoms with Crippen molar-refractivity contribution in [2.75, 3.05) is 0 Å². The Morgan fingerprint density at radius 1 is 1.28 bits per heavy atom. The molecule has 2 saturated carbocycles. The van der Waals surface area contributed by atoms with Gasteiger partial charge in [-0.25, -0.2) is 4.79 Å². The van der Waals surface area contributed by atoms with Crippen LogP contribution in [0.1, 0.15) is 48.0 Å². The molecule has 2 nitrogen and oxygen atoms in total. The molecule has 1 aromatic carbocycles. The van der Waals surface area contributed by atoms with Crippen molar-refractivity contribution in [3.8, 4) is 0 Å². The first-order valence-corrected chi connectivity index (χ1v) is 6.67. The van der Waals surface area contributed by atoms with E-state index in [4.69, 9.17) is 4.74 Å². The highest BCUT2D eigenvalue weighted by atomic mass is 16.6. The van der Waals surface area contributed by atoms with Crippen LogP contribution >= 0.6 is 0 Å². The molecule has 2 heteroatoms. The van der Waals surface area contributed by atoms with E-state index in [2.05, 4.69) is 6.58 Å². The van der Waals surface area contributed by atoms with Gasteiger partial charge in [-0.1, -0.05) is 24.8 Å². The number of carbonyl (C=O) groups is 1. The van der Waals surface area contributed by atoms with E-state index in [1.54, 1.807) is 6.08 Å². The van der Waals surface area contributed by atoms with Crippen LogP contribution in [0.25, 0.3) is 6.08 Å². The van der Waals surface area contributed by atoms with Crippen molar-refractivity contribution >= 4 is 12.0 Å². The van der Waals surface area contributed by atoms with E-state index in [9.17, 15) is 4.79 Å². The predicted molar refractivity (Wildman–Crippen MR) is 71.3 cm³/mol. The first-order valence-electron chi connectivity index (χ1n) is 6.67. The number of carbonyl (C=O) groups excluding carboxylic acids is 1. The fourth-order valence-corrected chi connectivity index (χ4v) is 3.29. The fourth-order valence-electron chi connectivity index (χ4n) is 3.29. The maximum absolute atomic E-state index is 12.1. The number of esters is 1. The lowest BCUT2D eigenvalue weighted by atomic mass is 9.97. The van der Waals surface area contributed by atoms with Gasteiger partial charge in [-0.2, -0.15) is 0 Å². The molecule has 0 radical (unpaired) electrons. The second kappa shape index (κ2) is 4.27. The van der Waals surface area contributed by atoms with Crippen LogP contribution < -0.4 is 0 Å². The summed E-state index contributed by atoms with van der Waals surface area (Å²) in [4.78, 5) is 12.1. The maximum atomic E-state index is 12.1. The molecule has 0 unspecified atom stereocenters. The van der Waals surface area contributed by atoms with Crippen LogP contribution in [-0.4, -0.2) is 11.6 Å². The number of hydrogen-bond donors (Lipinski definition) is 0. The van der Waals surface area contributed by atoms with E-state index in [0.717, 1.165) is 30.7 Å². The molecule has 1 aromatic rings. The fraction of sp³-hybridized carbons (Fsp3) is 0.438. The predicted octanol–water partition coefficient (Wildman–Crippen LogP) is 3.82. The molecule has 0 aliphatic heterocycles. The van der Waals surface area contributed by atoms with Crippen molar-refractivity contribution in [2.45, 2.75) is 37.7 Å². The summed E-state index contributed by atoms with van der Waals surface area (Å²) in [6.07, 6.45) is 7.39. The third-order valence-corrected chi connectivity index (χ3v) is 4.37. The highest BCUT2D eigenvalue weighted by molar-refractivity contribution is 5.90. The van der Waals surface area contributed by atoms with Crippen molar-refractivity contribution in [1.82, 2.24) is 0 Å². The molecule has 0 spiro atoms. The van der Waals surface area contributed by atoms with Crippen LogP contribution in [0.2, 0.25) is 0 Å². The lowest BCUT2D eigenvalue weighted by Gasteiger charge is -2.26. The molecule has 0 aromatic heterocycles. The minimum atomic E-state index is -0.173. The molecule has 2 aliphatic carbocycles. The number of ether oxygens (including phenoxy) is 1. The zero-order valence-corrected chi connectivity index (χ0v) is 10.5. The Balaban J connectivity index is 1.72. The Morgan fingerprint density at radius 3 is 2.44 bits per heavy atom. The Bertz CT molecular complexity index is 464. The van der Waals surface area contributed by atoms with E-state index in [1.165, 1.54) is 12.8 Å². The van der Waals surface area contributed by atoms with Crippen LogP contribution in [0.4, 0.5) is 0 Å². The van der Waals surface area contributed by atoms with Gasteiger partial charge in [0.2, 0.25) is 0 Å². The van der Waals surface area contributed by atoms with Gasteiger partial charge < -0.3 is 4.74 Å². The van der Waals surface area contributed by atoms with E-state index in [-0.39, 0.29) is 11.6 Å². The minimum Gasteiger partial charge on any atom is -0.455 e. The van der Waals surface area contributed by atoms with Crippen LogP contribution in [0.3, 0.4) is 0 Å². The molecule has 0 saturated heterocycles. The Hall–Kier alpha value is -1.57. The molecular weight excluding hydrogens is 224 g/mol. The van der Waals surface area contributed by atoms with Crippen molar-refractivity contribution in [2.24, 2.45) is 5.92 Å². The standard InChI is InChI=1S/C16H18O2/c1-2-12-3-5-14(6-4-12)15(17)18-16-9-7-13(11-16)8-10-16/h2-6,13H,1,7-11H2. The van der Waals surface area contributed by atoms with Gasteiger partial charge in [0.15, 0.2) is 0 Å². The molecular formula is C16H18O2. The van der Waals surface area contributed by atoms with E-state index in [1.807, 2.05) is 24.3 Å². The van der Waals surface area contributed by atoms with E-state index < -0.39 is 0 Å². The SMILES string of the molecule is C=Cc1ccc(C(=O)OC23CCC(CC2)C3)cc1. The Labute approximate surface area is 108 Å². The summed E-state index contributed by atoms with van der Waals surface area (Å²) in [7, 11) is 0. The van der Waals surface area contributed by atoms with E-state index in [0.29, 0.717) is 5.56 Å². The van der Waals surface area contributed by atoms with Gasteiger partial charge >= 0.3 is 5.97 Å². The summed E-state index contributed by atoms with van der Waals surface area (Å²) < 4.78 is 5.78. The summed E-state index contributed by atoms with van der Waals surface area (Å²) in [6.45, 7) is 3.70. The van der Waals surface area contributed by atoms with Crippen molar-refractivity contribution in [3.63, 3.8) is 0 Å². The third-order valence-electron chi connectivity index (χ3n) is 4.37. The largest absolute Gasteiger partial charge is 0.455 e. The maximum Gasteiger partial charge on any atom is 0.338 e. The molecule has 0 atom stereocenters. The number of fused-ring (bicyclic) bond motifs is 2. The van der Waals surface area contributed by atoms with Crippen LogP contribution in [0.15, 0.2) is 30.8 Å². The van der Waals surface area contributed by atoms with Gasteiger partial charge in [0.25, 0.3) is 0 Å². The molecule has 0 N–H and O–H groups in total. The second-order valence-corrected chi connectivity index (χ2v) is 5.55. The molecule has 3 rings (SSSR count). The van der Waals surface area contributed by atoms with Crippen molar-refractivity contribution in [3.05, 3.63) is 42.0 Å². The zero-order chi connectivity index (χ0) is 12.6. The lowest BCUT2D eigenvalue weighted by molar-refractivity contribution is -0.0131. The van der Waals surface area contributed by atoms with Crippen molar-refractivity contribution in [1.29, 1.82) is 0 Å². The summed E-state index contributed by atoms with van der Waals surface area (Å²) in [5.74, 6) is 0.620. The molecule has 2 fully saturated rings. The van der Waals surface area contributed by atoms with Gasteiger partial charge in [-0.3, -0.25) is 0 Å². The zero-order valence-electron chi connectivity index (χ0n) is 10.5. The highest BCUT2D eigenvalue weighted by Crippen LogP contribution is 2.50. The van der Waals surface area contributed by atoms with Gasteiger partial charge in [0, 0.05) is 0 Å². The van der Waals surface area contributed by atoms with Gasteiger partial charge in [-0.15, -0.1) is 0 Å². The first-order chi connectivity index (χ1) is 8.71. The van der Waals surface area contributed by atoms with Crippen molar-refractivity contribution < 1.29 is 9.53 Å². The average molecular weight is 242 g/mol. The van der Waals surface area contributed by atoms with Crippen LogP contribution in [0, 0.1) is 5.92 Å². The summed E-state index contributed by atoms with van der Waals surface area (Å²) in [5.41, 5.74) is 1.52. The minimum absolute atomic E-state index is 0.140. The molecule has 18 heavy (non-hydrogen) atoms. The molecule has 2 aliphatic rings. The highest BCUT2D eigenvalue weighted by Gasteiger charge is 2.47. The topological polar surface area (TPSA) is 26.3 Å². The quantitative estimate of drug-likeness (QED) is 0.753. The number of benzene rings is 1. The van der Waals surface area contributed by atoms with Crippen LogP contribution in [-0.2, 0) is 4.74 Å². The molecule has 2 bridgehead atoms. The Morgan fingerprint density at radius 2 is 1.94 bits per heavy atom. The van der Waals surface area contributed by atoms with E-state index >= 15 is 0 Å². The lowest BCUT2D eigenvalue weighted by Crippen LogP contribution is -2.30. The monoisotopic (exact) mass is 242 g/mol. The third kappa shape index (κ3) is 1.96. The van der Waals surface area contributed by atoms with Gasteiger partial charge in [-0.05, 0) is 55.7 Å². The summed E-state index contributed by atoms with van der Waals surface area (Å²) >= 11 is 0. The van der Waals surface area contributed by atoms with Crippen LogP contribution in [0.5, 0.6) is 0 Å². The Kier molecular flexibility index (Phi) is 2.73. The second-order valence-electron chi connectivity index (χ2n) is 5.55. The number of rotatable bonds is 3. The van der Waals surface area contributed by atoms with Gasteiger partial charge in [0.1, 0.15) is 5.60 Å². The smallest absolute Gasteiger partial charge is 0.338 e. The first kappa shape index (κ1) is 11.5. The summed E-state index contributed by atoms with van der Waals surface area (Å²) in [5, 5.41) is 0. The molecule has 0 heterocycles. The summed E-state index contributed by atoms with van der Waals surface area (Å²) in [6, 6.07) is 7.43. The molecule has 94 valence electrons. The normalized spacial score (nSPS) is 29.2. The molecule has 0 amide bonds. The average Bonchev–Trinajstić information content (AvgIpc) is 2.98. The van der Waals surface area contributed by atoms with Gasteiger partial charge in [0.05, 0.1) is 5.56 Å². The number of hydrogen-bond acceptors (Lipinski definition) is 2.